The van der Waals surface area contributed by atoms with Crippen LogP contribution in [-0.2, 0) is 6.42 Å². The number of aromatic nitrogens is 2. The zero-order valence-electron chi connectivity index (χ0n) is 15.3. The van der Waals surface area contributed by atoms with E-state index in [4.69, 9.17) is 0 Å². The molecule has 3 atom stereocenters. The normalized spacial score (nSPS) is 24.9. The number of rotatable bonds is 4. The van der Waals surface area contributed by atoms with E-state index in [0.717, 1.165) is 54.3 Å². The van der Waals surface area contributed by atoms with Gasteiger partial charge in [-0.1, -0.05) is 12.1 Å². The fourth-order valence-corrected chi connectivity index (χ4v) is 5.63. The van der Waals surface area contributed by atoms with Gasteiger partial charge in [0.25, 0.3) is 5.56 Å². The van der Waals surface area contributed by atoms with E-state index in [0.29, 0.717) is 17.8 Å². The fraction of sp³-hybridized carbons (Fsp3) is 0.429. The number of hydrogen-bond acceptors (Lipinski definition) is 4. The van der Waals surface area contributed by atoms with Gasteiger partial charge in [-0.2, -0.15) is 0 Å². The Morgan fingerprint density at radius 2 is 2.22 bits per heavy atom. The van der Waals surface area contributed by atoms with Gasteiger partial charge in [0.05, 0.1) is 0 Å². The smallest absolute Gasteiger partial charge is 0.261 e. The number of benzene rings is 1. The van der Waals surface area contributed by atoms with Gasteiger partial charge in [0, 0.05) is 42.5 Å². The van der Waals surface area contributed by atoms with Gasteiger partial charge in [-0.15, -0.1) is 11.3 Å². The molecular weight excluding hydrogens is 361 g/mol. The third-order valence-electron chi connectivity index (χ3n) is 6.36. The van der Waals surface area contributed by atoms with Crippen molar-refractivity contribution in [2.75, 3.05) is 19.6 Å². The first-order chi connectivity index (χ1) is 13.1. The maximum atomic E-state index is 13.5. The van der Waals surface area contributed by atoms with E-state index in [-0.39, 0.29) is 11.4 Å². The molecular formula is C21H22FN3OS. The van der Waals surface area contributed by atoms with E-state index >= 15 is 0 Å². The number of likely N-dealkylation sites (tertiary alicyclic amines) is 1. The van der Waals surface area contributed by atoms with Gasteiger partial charge in [0.15, 0.2) is 4.96 Å². The predicted octanol–water partition coefficient (Wildman–Crippen LogP) is 3.48. The predicted molar refractivity (Wildman–Crippen MR) is 105 cm³/mol. The molecule has 1 aliphatic carbocycles. The van der Waals surface area contributed by atoms with Gasteiger partial charge in [-0.05, 0) is 55.2 Å². The lowest BCUT2D eigenvalue weighted by atomic mass is 9.64. The highest BCUT2D eigenvalue weighted by Gasteiger charge is 2.47. The summed E-state index contributed by atoms with van der Waals surface area (Å²) < 4.78 is 15.2. The Labute approximate surface area is 161 Å². The van der Waals surface area contributed by atoms with Crippen molar-refractivity contribution in [3.63, 3.8) is 0 Å². The lowest BCUT2D eigenvalue weighted by Gasteiger charge is -2.40. The van der Waals surface area contributed by atoms with Crippen LogP contribution in [0.15, 0.2) is 40.6 Å². The molecule has 6 heteroatoms. The minimum Gasteiger partial charge on any atom is -0.302 e. The van der Waals surface area contributed by atoms with Gasteiger partial charge >= 0.3 is 0 Å². The summed E-state index contributed by atoms with van der Waals surface area (Å²) in [4.78, 5) is 20.5. The van der Waals surface area contributed by atoms with Crippen LogP contribution in [0.25, 0.3) is 4.96 Å². The van der Waals surface area contributed by atoms with Crippen LogP contribution < -0.4 is 5.56 Å². The SMILES string of the molecule is Cc1nc2sccn2c(=O)c1CCN1CC2CC(c3cccc(F)c3)C2C1. The number of nitrogens with zero attached hydrogens (tertiary/aromatic N) is 3. The molecule has 0 amide bonds. The van der Waals surface area contributed by atoms with Gasteiger partial charge in [0.1, 0.15) is 5.82 Å². The largest absolute Gasteiger partial charge is 0.302 e. The molecule has 0 radical (unpaired) electrons. The summed E-state index contributed by atoms with van der Waals surface area (Å²) in [6.45, 7) is 4.95. The Bertz CT molecular complexity index is 1060. The van der Waals surface area contributed by atoms with E-state index < -0.39 is 0 Å². The maximum Gasteiger partial charge on any atom is 0.261 e. The first kappa shape index (κ1) is 17.1. The molecule has 140 valence electrons. The van der Waals surface area contributed by atoms with Crippen molar-refractivity contribution < 1.29 is 4.39 Å². The highest BCUT2D eigenvalue weighted by Crippen LogP contribution is 2.51. The van der Waals surface area contributed by atoms with E-state index in [1.165, 1.54) is 17.4 Å². The van der Waals surface area contributed by atoms with Crippen molar-refractivity contribution in [1.29, 1.82) is 0 Å². The van der Waals surface area contributed by atoms with Crippen molar-refractivity contribution in [2.24, 2.45) is 11.8 Å². The first-order valence-corrected chi connectivity index (χ1v) is 10.4. The molecule has 1 aliphatic heterocycles. The summed E-state index contributed by atoms with van der Waals surface area (Å²) in [6, 6.07) is 7.07. The van der Waals surface area contributed by atoms with Crippen molar-refractivity contribution in [3.05, 3.63) is 68.8 Å². The molecule has 0 bridgehead atoms. The molecule has 3 heterocycles. The van der Waals surface area contributed by atoms with Gasteiger partial charge in [0.2, 0.25) is 0 Å². The minimum absolute atomic E-state index is 0.0681. The number of aryl methyl sites for hydroxylation is 1. The molecule has 0 spiro atoms. The van der Waals surface area contributed by atoms with Crippen LogP contribution in [-0.4, -0.2) is 33.9 Å². The van der Waals surface area contributed by atoms with E-state index in [1.807, 2.05) is 18.4 Å². The highest BCUT2D eigenvalue weighted by molar-refractivity contribution is 7.15. The van der Waals surface area contributed by atoms with Crippen LogP contribution in [0.5, 0.6) is 0 Å². The molecule has 5 rings (SSSR count). The topological polar surface area (TPSA) is 37.6 Å². The van der Waals surface area contributed by atoms with Crippen LogP contribution >= 0.6 is 11.3 Å². The second-order valence-electron chi connectivity index (χ2n) is 7.87. The fourth-order valence-electron chi connectivity index (χ4n) is 4.88. The third kappa shape index (κ3) is 2.91. The molecule has 2 aromatic heterocycles. The summed E-state index contributed by atoms with van der Waals surface area (Å²) >= 11 is 1.49. The summed E-state index contributed by atoms with van der Waals surface area (Å²) in [5, 5.41) is 1.90. The number of halogens is 1. The Hall–Kier alpha value is -2.05. The molecule has 1 saturated heterocycles. The number of thiazole rings is 1. The molecule has 0 N–H and O–H groups in total. The van der Waals surface area contributed by atoms with E-state index in [1.54, 1.807) is 16.7 Å². The summed E-state index contributed by atoms with van der Waals surface area (Å²) in [7, 11) is 0. The van der Waals surface area contributed by atoms with Crippen molar-refractivity contribution in [3.8, 4) is 0 Å². The Morgan fingerprint density at radius 1 is 1.33 bits per heavy atom. The molecule has 3 unspecified atom stereocenters. The van der Waals surface area contributed by atoms with Gasteiger partial charge in [-0.25, -0.2) is 9.37 Å². The maximum absolute atomic E-state index is 13.5. The molecule has 2 aliphatic rings. The minimum atomic E-state index is -0.141. The van der Waals surface area contributed by atoms with Crippen LogP contribution in [0.3, 0.4) is 0 Å². The quantitative estimate of drug-likeness (QED) is 0.692. The third-order valence-corrected chi connectivity index (χ3v) is 7.12. The standard InChI is InChI=1S/C21H22FN3OS/c1-13-17(20(26)25-7-8-27-21(25)23-13)5-6-24-11-15-10-18(19(15)12-24)14-3-2-4-16(22)9-14/h2-4,7-9,15,18-19H,5-6,10-12H2,1H3. The molecule has 4 nitrogen and oxygen atoms in total. The van der Waals surface area contributed by atoms with Crippen LogP contribution in [0.4, 0.5) is 4.39 Å². The van der Waals surface area contributed by atoms with Crippen molar-refractivity contribution >= 4 is 16.3 Å². The zero-order chi connectivity index (χ0) is 18.5. The Kier molecular flexibility index (Phi) is 4.13. The lowest BCUT2D eigenvalue weighted by Crippen LogP contribution is -2.33. The van der Waals surface area contributed by atoms with E-state index in [9.17, 15) is 9.18 Å². The van der Waals surface area contributed by atoms with Crippen LogP contribution in [0, 0.1) is 24.6 Å². The zero-order valence-corrected chi connectivity index (χ0v) is 16.1. The average molecular weight is 383 g/mol. The second kappa shape index (κ2) is 6.53. The molecule has 2 fully saturated rings. The summed E-state index contributed by atoms with van der Waals surface area (Å²) in [5.41, 5.74) is 2.88. The Balaban J connectivity index is 1.27. The van der Waals surface area contributed by atoms with Crippen LogP contribution in [0.2, 0.25) is 0 Å². The lowest BCUT2D eigenvalue weighted by molar-refractivity contribution is 0.190. The monoisotopic (exact) mass is 383 g/mol. The van der Waals surface area contributed by atoms with E-state index in [2.05, 4.69) is 16.0 Å². The highest BCUT2D eigenvalue weighted by atomic mass is 32.1. The van der Waals surface area contributed by atoms with Crippen molar-refractivity contribution in [2.45, 2.75) is 25.7 Å². The average Bonchev–Trinajstić information content (AvgIpc) is 3.21. The molecule has 1 saturated carbocycles. The van der Waals surface area contributed by atoms with Crippen molar-refractivity contribution in [1.82, 2.24) is 14.3 Å². The summed E-state index contributed by atoms with van der Waals surface area (Å²) in [6.07, 6.45) is 3.69. The summed E-state index contributed by atoms with van der Waals surface area (Å²) in [5.74, 6) is 1.66. The Morgan fingerprint density at radius 3 is 3.07 bits per heavy atom. The van der Waals surface area contributed by atoms with Gasteiger partial charge < -0.3 is 4.90 Å². The number of hydrogen-bond donors (Lipinski definition) is 0. The number of fused-ring (bicyclic) bond motifs is 2. The molecule has 1 aromatic carbocycles. The van der Waals surface area contributed by atoms with Gasteiger partial charge in [-0.3, -0.25) is 9.20 Å². The van der Waals surface area contributed by atoms with Crippen LogP contribution in [0.1, 0.15) is 29.2 Å². The second-order valence-corrected chi connectivity index (χ2v) is 8.74. The first-order valence-electron chi connectivity index (χ1n) is 9.53. The molecule has 3 aromatic rings. The molecule has 27 heavy (non-hydrogen) atoms.